The Hall–Kier alpha value is -4.62. The number of fused-ring (bicyclic) bond motifs is 1. The average Bonchev–Trinajstić information content (AvgIpc) is 3.50. The van der Waals surface area contributed by atoms with Crippen molar-refractivity contribution in [2.24, 2.45) is 0 Å². The summed E-state index contributed by atoms with van der Waals surface area (Å²) in [5, 5.41) is 6.28. The molecule has 14 heteroatoms. The predicted molar refractivity (Wildman–Crippen MR) is 131 cm³/mol. The van der Waals surface area contributed by atoms with Crippen LogP contribution in [0.25, 0.3) is 16.8 Å². The number of anilines is 1. The summed E-state index contributed by atoms with van der Waals surface area (Å²) in [6.07, 6.45) is -5.54. The van der Waals surface area contributed by atoms with Gasteiger partial charge in [-0.2, -0.15) is 18.3 Å². The van der Waals surface area contributed by atoms with E-state index in [2.05, 4.69) is 15.4 Å². The van der Waals surface area contributed by atoms with Crippen molar-refractivity contribution in [1.82, 2.24) is 24.8 Å². The zero-order valence-electron chi connectivity index (χ0n) is 20.4. The zero-order valence-corrected chi connectivity index (χ0v) is 20.4. The molecule has 0 spiro atoms. The van der Waals surface area contributed by atoms with Gasteiger partial charge in [0.05, 0.1) is 29.4 Å². The fourth-order valence-electron chi connectivity index (χ4n) is 4.67. The lowest BCUT2D eigenvalue weighted by molar-refractivity contribution is -0.136. The van der Waals surface area contributed by atoms with Crippen molar-refractivity contribution in [3.05, 3.63) is 82.9 Å². The van der Waals surface area contributed by atoms with Crippen LogP contribution in [-0.2, 0) is 12.9 Å². The smallest absolute Gasteiger partial charge is 0.382 e. The summed E-state index contributed by atoms with van der Waals surface area (Å²) in [6, 6.07) is 8.48. The first-order chi connectivity index (χ1) is 19.0. The predicted octanol–water partition coefficient (Wildman–Crippen LogP) is 4.20. The highest BCUT2D eigenvalue weighted by Crippen LogP contribution is 2.39. The second-order valence-electron chi connectivity index (χ2n) is 9.14. The number of hydrogen-bond acceptors (Lipinski definition) is 5. The van der Waals surface area contributed by atoms with Gasteiger partial charge < -0.3 is 16.0 Å². The largest absolute Gasteiger partial charge is 0.418 e. The van der Waals surface area contributed by atoms with E-state index < -0.39 is 66.1 Å². The van der Waals surface area contributed by atoms with Crippen LogP contribution in [0.1, 0.15) is 31.8 Å². The van der Waals surface area contributed by atoms with Crippen LogP contribution >= 0.6 is 0 Å². The summed E-state index contributed by atoms with van der Waals surface area (Å²) >= 11 is 0. The summed E-state index contributed by atoms with van der Waals surface area (Å²) in [6.45, 7) is -1.78. The van der Waals surface area contributed by atoms with Crippen LogP contribution < -0.4 is 11.1 Å². The van der Waals surface area contributed by atoms with Gasteiger partial charge in [0.2, 0.25) is 0 Å². The Bertz CT molecular complexity index is 1620. The van der Waals surface area contributed by atoms with Crippen LogP contribution in [0.3, 0.4) is 0 Å². The van der Waals surface area contributed by atoms with Gasteiger partial charge in [-0.25, -0.2) is 22.7 Å². The van der Waals surface area contributed by atoms with E-state index >= 15 is 0 Å². The summed E-state index contributed by atoms with van der Waals surface area (Å²) in [7, 11) is 0. The molecular weight excluding hydrogens is 542 g/mol. The highest BCUT2D eigenvalue weighted by molar-refractivity contribution is 5.98. The highest BCUT2D eigenvalue weighted by atomic mass is 19.4. The molecule has 4 aromatic rings. The first-order valence-electron chi connectivity index (χ1n) is 11.9. The molecule has 0 bridgehead atoms. The van der Waals surface area contributed by atoms with E-state index in [4.69, 9.17) is 5.73 Å². The summed E-state index contributed by atoms with van der Waals surface area (Å²) in [4.78, 5) is 30.5. The first kappa shape index (κ1) is 27.0. The number of likely N-dealkylation sites (tertiary alicyclic amines) is 1. The number of nitrogens with one attached hydrogen (secondary N) is 1. The number of nitrogens with two attached hydrogens (primary N) is 1. The van der Waals surface area contributed by atoms with Gasteiger partial charge >= 0.3 is 6.18 Å². The fourth-order valence-corrected chi connectivity index (χ4v) is 4.67. The normalized spacial score (nSPS) is 17.4. The van der Waals surface area contributed by atoms with E-state index in [0.29, 0.717) is 0 Å². The van der Waals surface area contributed by atoms with Gasteiger partial charge in [0.25, 0.3) is 11.8 Å². The van der Waals surface area contributed by atoms with Gasteiger partial charge in [-0.1, -0.05) is 24.3 Å². The Labute approximate surface area is 222 Å². The van der Waals surface area contributed by atoms with Crippen molar-refractivity contribution in [1.29, 1.82) is 0 Å². The lowest BCUT2D eigenvalue weighted by atomic mass is 10.0. The maximum absolute atomic E-state index is 14.8. The van der Waals surface area contributed by atoms with Crippen LogP contribution in [0.5, 0.6) is 0 Å². The van der Waals surface area contributed by atoms with Crippen molar-refractivity contribution < 1.29 is 35.9 Å². The minimum absolute atomic E-state index is 0.0746. The Balaban J connectivity index is 1.44. The molecule has 1 fully saturated rings. The molecule has 0 radical (unpaired) electrons. The van der Waals surface area contributed by atoms with E-state index in [9.17, 15) is 35.9 Å². The number of nitrogen functional groups attached to an aromatic ring is 1. The maximum atomic E-state index is 14.8. The Morgan fingerprint density at radius 1 is 1.07 bits per heavy atom. The lowest BCUT2D eigenvalue weighted by Crippen LogP contribution is -2.42. The van der Waals surface area contributed by atoms with Gasteiger partial charge in [0, 0.05) is 17.7 Å². The topological polar surface area (TPSA) is 106 Å². The van der Waals surface area contributed by atoms with Crippen molar-refractivity contribution in [2.45, 2.75) is 25.1 Å². The third kappa shape index (κ3) is 4.80. The summed E-state index contributed by atoms with van der Waals surface area (Å²) < 4.78 is 84.7. The molecule has 1 aliphatic rings. The molecular formula is C26H20F6N6O2. The Morgan fingerprint density at radius 2 is 1.82 bits per heavy atom. The number of nitrogens with zero attached hydrogens (tertiary/aromatic N) is 4. The number of amides is 2. The molecule has 0 saturated carbocycles. The van der Waals surface area contributed by atoms with Gasteiger partial charge in [0.1, 0.15) is 30.5 Å². The summed E-state index contributed by atoms with van der Waals surface area (Å²) in [5.41, 5.74) is 3.46. The quantitative estimate of drug-likeness (QED) is 0.355. The number of aromatic nitrogens is 3. The number of carbonyl (C=O) groups excluding carboxylic acids is 2. The number of rotatable bonds is 5. The van der Waals surface area contributed by atoms with Crippen molar-refractivity contribution in [3.63, 3.8) is 0 Å². The second kappa shape index (κ2) is 10.2. The third-order valence-corrected chi connectivity index (χ3v) is 6.64. The van der Waals surface area contributed by atoms with Crippen LogP contribution in [0.2, 0.25) is 0 Å². The molecule has 5 rings (SSSR count). The van der Waals surface area contributed by atoms with E-state index in [1.54, 1.807) is 0 Å². The molecule has 2 atom stereocenters. The van der Waals surface area contributed by atoms with Crippen LogP contribution in [-0.4, -0.2) is 56.6 Å². The van der Waals surface area contributed by atoms with E-state index in [-0.39, 0.29) is 34.5 Å². The van der Waals surface area contributed by atoms with E-state index in [1.165, 1.54) is 30.3 Å². The monoisotopic (exact) mass is 562 g/mol. The zero-order chi connectivity index (χ0) is 28.8. The molecule has 2 aromatic heterocycles. The maximum Gasteiger partial charge on any atom is 0.418 e. The number of hydrogen-bond donors (Lipinski definition) is 2. The minimum Gasteiger partial charge on any atom is -0.382 e. The van der Waals surface area contributed by atoms with Gasteiger partial charge in [-0.05, 0) is 29.8 Å². The molecule has 208 valence electrons. The van der Waals surface area contributed by atoms with Crippen LogP contribution in [0.4, 0.5) is 32.2 Å². The third-order valence-electron chi connectivity index (χ3n) is 6.64. The highest BCUT2D eigenvalue weighted by Gasteiger charge is 2.38. The first-order valence-corrected chi connectivity index (χ1v) is 11.9. The van der Waals surface area contributed by atoms with E-state index in [1.807, 2.05) is 0 Å². The fraction of sp³-hybridized carbons (Fsp3) is 0.231. The Kier molecular flexibility index (Phi) is 6.85. The molecule has 0 unspecified atom stereocenters. The molecule has 2 aromatic carbocycles. The molecule has 3 heterocycles. The standard InChI is InChI=1S/C26H20F6N6O2/c27-9-14-6-5-13(21-8-17(26(30,31)32)22-23(33)34-12-35-38(21)22)7-16(14)24(39)36-20-11-37(10-19(20)29)25(40)15-3-1-2-4-18(15)28/h1-8,12,19-20H,9-11H2,(H,36,39)(H2,33,34,35)/t19-,20+/m0/s1. The van der Waals surface area contributed by atoms with Crippen molar-refractivity contribution >= 4 is 23.1 Å². The minimum atomic E-state index is -4.80. The van der Waals surface area contributed by atoms with Crippen LogP contribution in [0, 0.1) is 5.82 Å². The number of halogens is 6. The van der Waals surface area contributed by atoms with Gasteiger partial charge in [0.15, 0.2) is 5.82 Å². The molecule has 1 aliphatic heterocycles. The second-order valence-corrected chi connectivity index (χ2v) is 9.14. The van der Waals surface area contributed by atoms with Gasteiger partial charge in [-0.15, -0.1) is 0 Å². The van der Waals surface area contributed by atoms with Crippen molar-refractivity contribution in [2.75, 3.05) is 18.8 Å². The Morgan fingerprint density at radius 3 is 2.52 bits per heavy atom. The molecule has 2 amide bonds. The van der Waals surface area contributed by atoms with Crippen LogP contribution in [0.15, 0.2) is 54.9 Å². The molecule has 40 heavy (non-hydrogen) atoms. The number of carbonyl (C=O) groups is 2. The molecule has 8 nitrogen and oxygen atoms in total. The molecule has 1 saturated heterocycles. The van der Waals surface area contributed by atoms with Gasteiger partial charge in [-0.3, -0.25) is 9.59 Å². The SMILES string of the molecule is Nc1ncnn2c(-c3ccc(CF)c(C(=O)N[C@@H]4CN(C(=O)c5ccccc5F)C[C@@H]4F)c3)cc(C(F)(F)F)c12. The molecule has 0 aliphatic carbocycles. The average molecular weight is 562 g/mol. The van der Waals surface area contributed by atoms with E-state index in [0.717, 1.165) is 33.9 Å². The number of benzene rings is 2. The lowest BCUT2D eigenvalue weighted by Gasteiger charge is -2.18. The van der Waals surface area contributed by atoms with Crippen molar-refractivity contribution in [3.8, 4) is 11.3 Å². The summed E-state index contributed by atoms with van der Waals surface area (Å²) in [5.74, 6) is -2.87. The number of alkyl halides is 5. The molecule has 3 N–H and O–H groups in total.